The zero-order valence-corrected chi connectivity index (χ0v) is 22.5. The number of para-hydroxylation sites is 1. The quantitative estimate of drug-likeness (QED) is 0.355. The van der Waals surface area contributed by atoms with E-state index in [1.165, 1.54) is 4.31 Å². The maximum Gasteiger partial charge on any atom is 0.243 e. The molecule has 1 aliphatic heterocycles. The van der Waals surface area contributed by atoms with Crippen LogP contribution in [0.2, 0.25) is 0 Å². The number of sulfonamides is 1. The van der Waals surface area contributed by atoms with Crippen LogP contribution in [0, 0.1) is 0 Å². The molecule has 1 atom stereocenters. The molecule has 1 aromatic heterocycles. The fraction of sp³-hybridized carbons (Fsp3) is 0.286. The van der Waals surface area contributed by atoms with Gasteiger partial charge < -0.3 is 14.8 Å². The summed E-state index contributed by atoms with van der Waals surface area (Å²) in [7, 11) is -0.381. The number of hydrogen-bond acceptors (Lipinski definition) is 8. The summed E-state index contributed by atoms with van der Waals surface area (Å²) in [4.78, 5) is 12.3. The van der Waals surface area contributed by atoms with Gasteiger partial charge in [-0.2, -0.15) is 4.31 Å². The number of aromatic nitrogens is 2. The first-order valence-electron chi connectivity index (χ1n) is 12.4. The molecule has 0 spiro atoms. The van der Waals surface area contributed by atoms with E-state index in [0.717, 1.165) is 22.3 Å². The van der Waals surface area contributed by atoms with Crippen molar-refractivity contribution >= 4 is 32.4 Å². The molecule has 1 aliphatic rings. The lowest BCUT2D eigenvalue weighted by Gasteiger charge is -2.36. The van der Waals surface area contributed by atoms with Crippen molar-refractivity contribution in [3.63, 3.8) is 0 Å². The number of rotatable bonds is 8. The molecule has 3 aromatic carbocycles. The average Bonchev–Trinajstić information content (AvgIpc) is 2.97. The Morgan fingerprint density at radius 3 is 2.26 bits per heavy atom. The number of anilines is 2. The maximum absolute atomic E-state index is 13.2. The van der Waals surface area contributed by atoms with Gasteiger partial charge in [0.1, 0.15) is 23.1 Å². The molecular formula is C28H31N5O4S. The molecule has 38 heavy (non-hydrogen) atoms. The van der Waals surface area contributed by atoms with Gasteiger partial charge in [0.25, 0.3) is 0 Å². The number of hydrogen-bond donors (Lipinski definition) is 1. The first-order valence-corrected chi connectivity index (χ1v) is 13.9. The third kappa shape index (κ3) is 5.28. The highest BCUT2D eigenvalue weighted by molar-refractivity contribution is 7.89. The molecule has 0 saturated carbocycles. The van der Waals surface area contributed by atoms with Crippen molar-refractivity contribution in [3.8, 4) is 11.5 Å². The van der Waals surface area contributed by atoms with Crippen molar-refractivity contribution in [3.05, 3.63) is 78.6 Å². The van der Waals surface area contributed by atoms with Gasteiger partial charge in [-0.05, 0) is 55.5 Å². The van der Waals surface area contributed by atoms with Crippen molar-refractivity contribution < 1.29 is 17.9 Å². The predicted molar refractivity (Wildman–Crippen MR) is 148 cm³/mol. The third-order valence-corrected chi connectivity index (χ3v) is 8.76. The summed E-state index contributed by atoms with van der Waals surface area (Å²) in [6.45, 7) is 3.99. The molecule has 10 heteroatoms. The lowest BCUT2D eigenvalue weighted by molar-refractivity contribution is 0.141. The minimum atomic E-state index is -3.58. The van der Waals surface area contributed by atoms with Gasteiger partial charge in [-0.25, -0.2) is 18.4 Å². The summed E-state index contributed by atoms with van der Waals surface area (Å²) in [6.07, 6.45) is 0. The molecule has 1 saturated heterocycles. The van der Waals surface area contributed by atoms with E-state index < -0.39 is 10.0 Å². The van der Waals surface area contributed by atoms with E-state index in [2.05, 4.69) is 17.1 Å². The summed E-state index contributed by atoms with van der Waals surface area (Å²) in [5, 5.41) is 4.35. The summed E-state index contributed by atoms with van der Waals surface area (Å²) in [5.74, 6) is 2.77. The molecule has 0 radical (unpaired) electrons. The average molecular weight is 534 g/mol. The molecule has 4 aromatic rings. The number of fused-ring (bicyclic) bond motifs is 1. The van der Waals surface area contributed by atoms with Crippen LogP contribution >= 0.6 is 0 Å². The Morgan fingerprint density at radius 1 is 0.842 bits per heavy atom. The second kappa shape index (κ2) is 10.9. The smallest absolute Gasteiger partial charge is 0.243 e. The molecule has 0 unspecified atom stereocenters. The summed E-state index contributed by atoms with van der Waals surface area (Å²) < 4.78 is 38.4. The van der Waals surface area contributed by atoms with Crippen molar-refractivity contribution in [2.75, 3.05) is 45.7 Å². The summed E-state index contributed by atoms with van der Waals surface area (Å²) in [6, 6.07) is 22.0. The van der Waals surface area contributed by atoms with Gasteiger partial charge in [-0.1, -0.05) is 18.2 Å². The molecule has 1 N–H and O–H groups in total. The number of methoxy groups -OCH3 is 2. The van der Waals surface area contributed by atoms with Crippen LogP contribution in [-0.2, 0) is 10.0 Å². The van der Waals surface area contributed by atoms with Crippen LogP contribution in [0.25, 0.3) is 10.9 Å². The molecule has 1 fully saturated rings. The Morgan fingerprint density at radius 2 is 1.55 bits per heavy atom. The summed E-state index contributed by atoms with van der Waals surface area (Å²) >= 11 is 0. The topological polar surface area (TPSA) is 96.9 Å². The van der Waals surface area contributed by atoms with Crippen LogP contribution in [0.3, 0.4) is 0 Å². The highest BCUT2D eigenvalue weighted by atomic mass is 32.2. The molecule has 5 rings (SSSR count). The fourth-order valence-corrected chi connectivity index (χ4v) is 6.03. The predicted octanol–water partition coefficient (Wildman–Crippen LogP) is 4.46. The Kier molecular flexibility index (Phi) is 7.46. The third-order valence-electron chi connectivity index (χ3n) is 6.84. The van der Waals surface area contributed by atoms with Crippen molar-refractivity contribution in [2.45, 2.75) is 17.9 Å². The Hall–Kier alpha value is -3.73. The number of nitrogens with zero attached hydrogens (tertiary/aromatic N) is 4. The lowest BCUT2D eigenvalue weighted by Crippen LogP contribution is -2.49. The number of benzene rings is 3. The Labute approximate surface area is 223 Å². The Bertz CT molecular complexity index is 1520. The van der Waals surface area contributed by atoms with Crippen LogP contribution < -0.4 is 14.8 Å². The molecule has 0 aliphatic carbocycles. The molecular weight excluding hydrogens is 502 g/mol. The Balaban J connectivity index is 1.34. The van der Waals surface area contributed by atoms with E-state index in [4.69, 9.17) is 19.4 Å². The van der Waals surface area contributed by atoms with E-state index in [0.29, 0.717) is 43.6 Å². The molecule has 9 nitrogen and oxygen atoms in total. The van der Waals surface area contributed by atoms with E-state index >= 15 is 0 Å². The zero-order valence-electron chi connectivity index (χ0n) is 21.7. The van der Waals surface area contributed by atoms with E-state index in [1.807, 2.05) is 48.5 Å². The zero-order chi connectivity index (χ0) is 26.7. The molecule has 0 amide bonds. The van der Waals surface area contributed by atoms with Crippen LogP contribution in [-0.4, -0.2) is 68.0 Å². The highest BCUT2D eigenvalue weighted by Gasteiger charge is 2.31. The van der Waals surface area contributed by atoms with Gasteiger partial charge in [-0.15, -0.1) is 0 Å². The van der Waals surface area contributed by atoms with Crippen molar-refractivity contribution in [1.29, 1.82) is 0 Å². The van der Waals surface area contributed by atoms with Crippen LogP contribution in [0.4, 0.5) is 11.5 Å². The first kappa shape index (κ1) is 25.9. The second-order valence-electron chi connectivity index (χ2n) is 9.10. The van der Waals surface area contributed by atoms with Crippen LogP contribution in [0.5, 0.6) is 11.5 Å². The van der Waals surface area contributed by atoms with Crippen molar-refractivity contribution in [1.82, 2.24) is 19.2 Å². The first-order chi connectivity index (χ1) is 18.4. The monoisotopic (exact) mass is 533 g/mol. The van der Waals surface area contributed by atoms with Crippen molar-refractivity contribution in [2.24, 2.45) is 0 Å². The van der Waals surface area contributed by atoms with Gasteiger partial charge in [0.15, 0.2) is 0 Å². The number of piperazine rings is 1. The van der Waals surface area contributed by atoms with E-state index in [9.17, 15) is 8.42 Å². The van der Waals surface area contributed by atoms with E-state index in [1.54, 1.807) is 38.5 Å². The lowest BCUT2D eigenvalue weighted by atomic mass is 10.2. The second-order valence-corrected chi connectivity index (χ2v) is 11.0. The number of ether oxygens (including phenoxy) is 2. The molecule has 198 valence electrons. The molecule has 0 bridgehead atoms. The van der Waals surface area contributed by atoms with E-state index in [-0.39, 0.29) is 10.9 Å². The minimum absolute atomic E-state index is 0.101. The highest BCUT2D eigenvalue weighted by Crippen LogP contribution is 2.29. The fourth-order valence-electron chi connectivity index (χ4n) is 4.61. The number of nitrogens with one attached hydrogen (secondary N) is 1. The minimum Gasteiger partial charge on any atom is -0.497 e. The summed E-state index contributed by atoms with van der Waals surface area (Å²) in [5.41, 5.74) is 1.71. The maximum atomic E-state index is 13.2. The van der Waals surface area contributed by atoms with Gasteiger partial charge in [-0.3, -0.25) is 4.90 Å². The van der Waals surface area contributed by atoms with Gasteiger partial charge in [0.2, 0.25) is 10.0 Å². The molecule has 2 heterocycles. The van der Waals surface area contributed by atoms with Gasteiger partial charge >= 0.3 is 0 Å². The van der Waals surface area contributed by atoms with Gasteiger partial charge in [0, 0.05) is 43.3 Å². The van der Waals surface area contributed by atoms with Crippen LogP contribution in [0.15, 0.2) is 77.7 Å². The normalized spacial score (nSPS) is 15.8. The SMILES string of the molecule is COc1ccc(S(=O)(=O)N2CCN([C@@H](C)c3nc(Nc4cccc(OC)c4)c4ccccc4n3)CC2)cc1. The van der Waals surface area contributed by atoms with Crippen LogP contribution in [0.1, 0.15) is 18.8 Å². The largest absolute Gasteiger partial charge is 0.497 e. The van der Waals surface area contributed by atoms with Gasteiger partial charge in [0.05, 0.1) is 30.7 Å². The standard InChI is InChI=1S/C28H31N5O4S/c1-20(32-15-17-33(18-16-32)38(34,35)24-13-11-22(36-2)12-14-24)27-30-26-10-5-4-9-25(26)28(31-27)29-21-7-6-8-23(19-21)37-3/h4-14,19-20H,15-18H2,1-3H3,(H,29,30,31)/t20-/m0/s1.